The molecule has 0 radical (unpaired) electrons. The highest BCUT2D eigenvalue weighted by molar-refractivity contribution is 5.78. The first-order chi connectivity index (χ1) is 12.6. The molecule has 5 heteroatoms. The van der Waals surface area contributed by atoms with Crippen LogP contribution in [-0.2, 0) is 11.3 Å². The molecule has 0 saturated carbocycles. The second kappa shape index (κ2) is 8.92. The minimum Gasteiger partial charge on any atom is -0.351 e. The standard InChI is InChI=1S/C21H26FN3O/c1-17(19-7-9-20(22)10-8-19)25-13-11-24(12-14-25)16-21(26)23-15-18-5-3-2-4-6-18/h2-10,17H,11-16H2,1H3,(H,23,26). The van der Waals surface area contributed by atoms with E-state index in [4.69, 9.17) is 0 Å². The van der Waals surface area contributed by atoms with Gasteiger partial charge in [0, 0.05) is 38.8 Å². The van der Waals surface area contributed by atoms with E-state index in [0.717, 1.165) is 37.3 Å². The number of rotatable bonds is 6. The number of amides is 1. The van der Waals surface area contributed by atoms with E-state index in [1.165, 1.54) is 12.1 Å². The van der Waals surface area contributed by atoms with Crippen molar-refractivity contribution in [3.05, 3.63) is 71.5 Å². The molecule has 1 aliphatic rings. The van der Waals surface area contributed by atoms with Crippen LogP contribution in [0.2, 0.25) is 0 Å². The Kier molecular flexibility index (Phi) is 6.36. The van der Waals surface area contributed by atoms with E-state index in [1.54, 1.807) is 0 Å². The average molecular weight is 355 g/mol. The minimum absolute atomic E-state index is 0.0638. The van der Waals surface area contributed by atoms with E-state index < -0.39 is 0 Å². The van der Waals surface area contributed by atoms with Crippen LogP contribution >= 0.6 is 0 Å². The van der Waals surface area contributed by atoms with Crippen molar-refractivity contribution in [1.82, 2.24) is 15.1 Å². The Labute approximate surface area is 154 Å². The first-order valence-corrected chi connectivity index (χ1v) is 9.14. The fraction of sp³-hybridized carbons (Fsp3) is 0.381. The van der Waals surface area contributed by atoms with Crippen molar-refractivity contribution in [2.75, 3.05) is 32.7 Å². The normalized spacial score (nSPS) is 17.0. The second-order valence-corrected chi connectivity index (χ2v) is 6.80. The molecule has 0 bridgehead atoms. The lowest BCUT2D eigenvalue weighted by Gasteiger charge is -2.38. The van der Waals surface area contributed by atoms with E-state index in [9.17, 15) is 9.18 Å². The van der Waals surface area contributed by atoms with Crippen molar-refractivity contribution < 1.29 is 9.18 Å². The maximum absolute atomic E-state index is 13.1. The first-order valence-electron chi connectivity index (χ1n) is 9.14. The van der Waals surface area contributed by atoms with Crippen molar-refractivity contribution in [2.45, 2.75) is 19.5 Å². The molecular weight excluding hydrogens is 329 g/mol. The predicted molar refractivity (Wildman–Crippen MR) is 101 cm³/mol. The van der Waals surface area contributed by atoms with Crippen molar-refractivity contribution in [3.63, 3.8) is 0 Å². The highest BCUT2D eigenvalue weighted by atomic mass is 19.1. The van der Waals surface area contributed by atoms with E-state index in [1.807, 2.05) is 42.5 Å². The number of carbonyl (C=O) groups is 1. The Hall–Kier alpha value is -2.24. The van der Waals surface area contributed by atoms with Gasteiger partial charge in [0.05, 0.1) is 6.54 Å². The zero-order valence-corrected chi connectivity index (χ0v) is 15.2. The van der Waals surface area contributed by atoms with Gasteiger partial charge in [0.1, 0.15) is 5.82 Å². The highest BCUT2D eigenvalue weighted by Crippen LogP contribution is 2.21. The van der Waals surface area contributed by atoms with Crippen LogP contribution in [-0.4, -0.2) is 48.4 Å². The molecule has 4 nitrogen and oxygen atoms in total. The average Bonchev–Trinajstić information content (AvgIpc) is 2.68. The largest absolute Gasteiger partial charge is 0.351 e. The van der Waals surface area contributed by atoms with Gasteiger partial charge in [-0.2, -0.15) is 0 Å². The van der Waals surface area contributed by atoms with E-state index in [0.29, 0.717) is 13.1 Å². The zero-order valence-electron chi connectivity index (χ0n) is 15.2. The zero-order chi connectivity index (χ0) is 18.4. The number of hydrogen-bond acceptors (Lipinski definition) is 3. The molecule has 26 heavy (non-hydrogen) atoms. The Balaban J connectivity index is 1.41. The van der Waals surface area contributed by atoms with Crippen LogP contribution in [0.4, 0.5) is 4.39 Å². The molecule has 1 saturated heterocycles. The van der Waals surface area contributed by atoms with E-state index >= 15 is 0 Å². The van der Waals surface area contributed by atoms with Gasteiger partial charge < -0.3 is 5.32 Å². The van der Waals surface area contributed by atoms with Gasteiger partial charge >= 0.3 is 0 Å². The molecule has 1 atom stereocenters. The Morgan fingerprint density at radius 1 is 1.04 bits per heavy atom. The summed E-state index contributed by atoms with van der Waals surface area (Å²) in [5.74, 6) is -0.138. The molecule has 3 rings (SSSR count). The summed E-state index contributed by atoms with van der Waals surface area (Å²) in [5.41, 5.74) is 2.24. The van der Waals surface area contributed by atoms with Crippen molar-refractivity contribution >= 4 is 5.91 Å². The van der Waals surface area contributed by atoms with Crippen molar-refractivity contribution in [3.8, 4) is 0 Å². The molecule has 0 aliphatic carbocycles. The van der Waals surface area contributed by atoms with Gasteiger partial charge in [-0.25, -0.2) is 4.39 Å². The third-order valence-corrected chi connectivity index (χ3v) is 5.01. The first kappa shape index (κ1) is 18.5. The summed E-state index contributed by atoms with van der Waals surface area (Å²) in [4.78, 5) is 16.7. The molecule has 1 aliphatic heterocycles. The van der Waals surface area contributed by atoms with E-state index in [-0.39, 0.29) is 17.8 Å². The van der Waals surface area contributed by atoms with Crippen LogP contribution in [0.5, 0.6) is 0 Å². The molecular formula is C21H26FN3O. The highest BCUT2D eigenvalue weighted by Gasteiger charge is 2.23. The van der Waals surface area contributed by atoms with Crippen LogP contribution in [0.1, 0.15) is 24.1 Å². The van der Waals surface area contributed by atoms with Crippen LogP contribution in [0.15, 0.2) is 54.6 Å². The summed E-state index contributed by atoms with van der Waals surface area (Å²) < 4.78 is 13.1. The summed E-state index contributed by atoms with van der Waals surface area (Å²) >= 11 is 0. The van der Waals surface area contributed by atoms with Gasteiger partial charge in [-0.15, -0.1) is 0 Å². The Morgan fingerprint density at radius 3 is 2.35 bits per heavy atom. The SMILES string of the molecule is CC(c1ccc(F)cc1)N1CCN(CC(=O)NCc2ccccc2)CC1. The molecule has 0 spiro atoms. The molecule has 1 amide bonds. The number of halogens is 1. The Morgan fingerprint density at radius 2 is 1.69 bits per heavy atom. The summed E-state index contributed by atoms with van der Waals surface area (Å²) in [6.45, 7) is 6.70. The molecule has 1 heterocycles. The number of piperazine rings is 1. The number of hydrogen-bond donors (Lipinski definition) is 1. The van der Waals surface area contributed by atoms with Gasteiger partial charge in [-0.05, 0) is 30.2 Å². The fourth-order valence-corrected chi connectivity index (χ4v) is 3.32. The maximum atomic E-state index is 13.1. The summed E-state index contributed by atoms with van der Waals surface area (Å²) in [6, 6.07) is 16.9. The predicted octanol–water partition coefficient (Wildman–Crippen LogP) is 2.82. The van der Waals surface area contributed by atoms with Gasteiger partial charge in [0.2, 0.25) is 5.91 Å². The van der Waals surface area contributed by atoms with Crippen LogP contribution < -0.4 is 5.32 Å². The van der Waals surface area contributed by atoms with Crippen LogP contribution in [0.25, 0.3) is 0 Å². The van der Waals surface area contributed by atoms with Crippen molar-refractivity contribution in [1.29, 1.82) is 0 Å². The fourth-order valence-electron chi connectivity index (χ4n) is 3.32. The Bertz CT molecular complexity index is 697. The van der Waals surface area contributed by atoms with Gasteiger partial charge in [0.25, 0.3) is 0 Å². The quantitative estimate of drug-likeness (QED) is 0.866. The molecule has 138 valence electrons. The monoisotopic (exact) mass is 355 g/mol. The summed E-state index contributed by atoms with van der Waals surface area (Å²) in [5, 5.41) is 2.98. The summed E-state index contributed by atoms with van der Waals surface area (Å²) in [6.07, 6.45) is 0. The lowest BCUT2D eigenvalue weighted by molar-refractivity contribution is -0.122. The smallest absolute Gasteiger partial charge is 0.234 e. The third kappa shape index (κ3) is 5.13. The molecule has 1 unspecified atom stereocenters. The number of nitrogens with one attached hydrogen (secondary N) is 1. The van der Waals surface area contributed by atoms with Crippen LogP contribution in [0.3, 0.4) is 0 Å². The molecule has 1 fully saturated rings. The molecule has 2 aromatic carbocycles. The molecule has 2 aromatic rings. The number of benzene rings is 2. The lowest BCUT2D eigenvalue weighted by Crippen LogP contribution is -2.49. The van der Waals surface area contributed by atoms with E-state index in [2.05, 4.69) is 22.0 Å². The third-order valence-electron chi connectivity index (χ3n) is 5.01. The topological polar surface area (TPSA) is 35.6 Å². The second-order valence-electron chi connectivity index (χ2n) is 6.80. The van der Waals surface area contributed by atoms with Crippen molar-refractivity contribution in [2.24, 2.45) is 0 Å². The molecule has 0 aromatic heterocycles. The van der Waals surface area contributed by atoms with Gasteiger partial charge in [-0.3, -0.25) is 14.6 Å². The summed E-state index contributed by atoms with van der Waals surface area (Å²) in [7, 11) is 0. The van der Waals surface area contributed by atoms with Gasteiger partial charge in [-0.1, -0.05) is 42.5 Å². The lowest BCUT2D eigenvalue weighted by atomic mass is 10.1. The number of nitrogens with zero attached hydrogens (tertiary/aromatic N) is 2. The minimum atomic E-state index is -0.202. The van der Waals surface area contributed by atoms with Crippen LogP contribution in [0, 0.1) is 5.82 Å². The van der Waals surface area contributed by atoms with Gasteiger partial charge in [0.15, 0.2) is 0 Å². The maximum Gasteiger partial charge on any atom is 0.234 e. The number of carbonyl (C=O) groups excluding carboxylic acids is 1. The molecule has 1 N–H and O–H groups in total.